The number of rotatable bonds is 6. The van der Waals surface area contributed by atoms with Gasteiger partial charge in [-0.3, -0.25) is 0 Å². The zero-order chi connectivity index (χ0) is 34.9. The van der Waals surface area contributed by atoms with Gasteiger partial charge in [0.15, 0.2) is 0 Å². The molecule has 7 rings (SSSR count). The molecule has 7 aromatic rings. The summed E-state index contributed by atoms with van der Waals surface area (Å²) in [5.74, 6) is 0.318. The number of halogens is 1. The van der Waals surface area contributed by atoms with E-state index >= 15 is 0 Å². The van der Waals surface area contributed by atoms with Gasteiger partial charge in [-0.1, -0.05) is 79.8 Å². The number of fused-ring (bicyclic) bond motifs is 3. The summed E-state index contributed by atoms with van der Waals surface area (Å²) in [6.07, 6.45) is 6.44. The van der Waals surface area contributed by atoms with Crippen molar-refractivity contribution in [1.29, 1.82) is 0 Å². The average Bonchev–Trinajstić information content (AvgIpc) is 3.44. The molecule has 0 fully saturated rings. The first kappa shape index (κ1) is 37.0. The van der Waals surface area contributed by atoms with Gasteiger partial charge in [0.2, 0.25) is 5.71 Å². The summed E-state index contributed by atoms with van der Waals surface area (Å²) in [6.45, 7) is 18.1. The minimum Gasteiger partial charge on any atom is -0.486 e. The third-order valence-corrected chi connectivity index (χ3v) is 10.7. The van der Waals surface area contributed by atoms with E-state index in [9.17, 15) is 4.39 Å². The Labute approximate surface area is 309 Å². The Kier molecular flexibility index (Phi) is 11.3. The molecule has 0 atom stereocenters. The number of hydrogen-bond donors (Lipinski definition) is 0. The summed E-state index contributed by atoms with van der Waals surface area (Å²) in [5, 5.41) is 2.55. The summed E-state index contributed by atoms with van der Waals surface area (Å²) in [4.78, 5) is 13.4. The van der Waals surface area contributed by atoms with E-state index < -0.39 is 8.07 Å². The van der Waals surface area contributed by atoms with Crippen LogP contribution in [-0.2, 0) is 26.5 Å². The summed E-state index contributed by atoms with van der Waals surface area (Å²) >= 11 is 0. The van der Waals surface area contributed by atoms with Crippen molar-refractivity contribution in [2.75, 3.05) is 0 Å². The maximum Gasteiger partial charge on any atom is 0.219 e. The third kappa shape index (κ3) is 7.86. The second kappa shape index (κ2) is 15.3. The van der Waals surface area contributed by atoms with E-state index in [1.807, 2.05) is 30.3 Å². The van der Waals surface area contributed by atoms with Crippen LogP contribution in [0.25, 0.3) is 55.7 Å². The van der Waals surface area contributed by atoms with Gasteiger partial charge in [-0.25, -0.2) is 9.37 Å². The minimum absolute atomic E-state index is 0. The quantitative estimate of drug-likeness (QED) is 0.124. The summed E-state index contributed by atoms with van der Waals surface area (Å²) in [6, 6.07) is 30.2. The van der Waals surface area contributed by atoms with E-state index in [4.69, 9.17) is 4.42 Å². The van der Waals surface area contributed by atoms with E-state index in [0.717, 1.165) is 28.9 Å². The maximum atomic E-state index is 14.4. The molecule has 0 spiro atoms. The molecule has 0 bridgehead atoms. The van der Waals surface area contributed by atoms with Crippen LogP contribution in [0, 0.1) is 44.6 Å². The second-order valence-electron chi connectivity index (χ2n) is 14.2. The smallest absolute Gasteiger partial charge is 0.219 e. The Morgan fingerprint density at radius 2 is 1.56 bits per heavy atom. The van der Waals surface area contributed by atoms with Crippen LogP contribution in [0.2, 0.25) is 19.6 Å². The van der Waals surface area contributed by atoms with Crippen molar-refractivity contribution in [3.8, 4) is 33.6 Å². The van der Waals surface area contributed by atoms with Gasteiger partial charge in [-0.2, -0.15) is 0 Å². The fourth-order valence-corrected chi connectivity index (χ4v) is 8.24. The van der Waals surface area contributed by atoms with Gasteiger partial charge in [0.05, 0.1) is 19.0 Å². The number of aryl methyl sites for hydroxylation is 3. The molecule has 1 radical (unpaired) electrons. The van der Waals surface area contributed by atoms with Crippen LogP contribution in [0.3, 0.4) is 0 Å². The predicted octanol–water partition coefficient (Wildman–Crippen LogP) is 10.9. The summed E-state index contributed by atoms with van der Waals surface area (Å²) in [7, 11) is -1.34. The van der Waals surface area contributed by atoms with Gasteiger partial charge < -0.3 is 14.4 Å². The Hall–Kier alpha value is -4.29. The van der Waals surface area contributed by atoms with Crippen LogP contribution in [0.4, 0.5) is 4.39 Å². The van der Waals surface area contributed by atoms with Crippen LogP contribution in [0.5, 0.6) is 0 Å². The van der Waals surface area contributed by atoms with Crippen molar-refractivity contribution in [2.24, 2.45) is 5.92 Å². The van der Waals surface area contributed by atoms with Crippen molar-refractivity contribution in [3.05, 3.63) is 132 Å². The molecule has 0 saturated carbocycles. The van der Waals surface area contributed by atoms with Gasteiger partial charge >= 0.3 is 0 Å². The Bertz CT molecular complexity index is 2250. The van der Waals surface area contributed by atoms with Crippen molar-refractivity contribution < 1.29 is 28.9 Å². The first-order valence-corrected chi connectivity index (χ1v) is 20.3. The van der Waals surface area contributed by atoms with Crippen molar-refractivity contribution in [1.82, 2.24) is 15.0 Å². The third-order valence-electron chi connectivity index (χ3n) is 8.68. The molecule has 4 aromatic heterocycles. The molecule has 0 aliphatic rings. The zero-order valence-electron chi connectivity index (χ0n) is 29.9. The number of aromatic nitrogens is 3. The molecular formula is C43H42FIrN3OSi-2. The van der Waals surface area contributed by atoms with Crippen LogP contribution in [0.1, 0.15) is 36.1 Å². The van der Waals surface area contributed by atoms with E-state index in [2.05, 4.69) is 112 Å². The molecule has 257 valence electrons. The van der Waals surface area contributed by atoms with Gasteiger partial charge in [0.1, 0.15) is 5.82 Å². The summed E-state index contributed by atoms with van der Waals surface area (Å²) < 4.78 is 20.3. The van der Waals surface area contributed by atoms with E-state index in [-0.39, 0.29) is 31.6 Å². The van der Waals surface area contributed by atoms with Gasteiger partial charge in [0, 0.05) is 38.7 Å². The predicted molar refractivity (Wildman–Crippen MR) is 203 cm³/mol. The number of furan rings is 1. The molecular weight excluding hydrogens is 814 g/mol. The maximum absolute atomic E-state index is 14.4. The zero-order valence-corrected chi connectivity index (χ0v) is 33.3. The molecule has 0 saturated heterocycles. The number of benzene rings is 3. The Balaban J connectivity index is 0.000000204. The van der Waals surface area contributed by atoms with Crippen LogP contribution >= 0.6 is 0 Å². The average molecular weight is 856 g/mol. The molecule has 4 heterocycles. The number of pyridine rings is 3. The monoisotopic (exact) mass is 856 g/mol. The van der Waals surface area contributed by atoms with Crippen LogP contribution in [0.15, 0.2) is 95.8 Å². The van der Waals surface area contributed by atoms with E-state index in [1.165, 1.54) is 45.3 Å². The molecule has 50 heavy (non-hydrogen) atoms. The molecule has 0 aliphatic heterocycles. The Morgan fingerprint density at radius 1 is 0.820 bits per heavy atom. The molecule has 4 nitrogen and oxygen atoms in total. The van der Waals surface area contributed by atoms with Crippen molar-refractivity contribution in [2.45, 2.75) is 60.7 Å². The van der Waals surface area contributed by atoms with Gasteiger partial charge in [-0.05, 0) is 84.1 Å². The Morgan fingerprint density at radius 3 is 2.24 bits per heavy atom. The van der Waals surface area contributed by atoms with Crippen LogP contribution in [-0.4, -0.2) is 23.0 Å². The molecule has 0 amide bonds. The molecule has 0 aliphatic carbocycles. The fraction of sp³-hybridized carbons (Fsp3) is 0.233. The van der Waals surface area contributed by atoms with Crippen LogP contribution < -0.4 is 5.19 Å². The normalized spacial score (nSPS) is 11.4. The van der Waals surface area contributed by atoms with Gasteiger partial charge in [-0.15, -0.1) is 54.1 Å². The van der Waals surface area contributed by atoms with Crippen molar-refractivity contribution in [3.63, 3.8) is 0 Å². The fourth-order valence-electron chi connectivity index (χ4n) is 6.65. The molecule has 3 aromatic carbocycles. The second-order valence-corrected chi connectivity index (χ2v) is 19.3. The molecule has 0 N–H and O–H groups in total. The van der Waals surface area contributed by atoms with E-state index in [1.54, 1.807) is 18.3 Å². The minimum atomic E-state index is -1.34. The largest absolute Gasteiger partial charge is 0.486 e. The number of hydrogen-bond acceptors (Lipinski definition) is 4. The first-order valence-electron chi connectivity index (χ1n) is 16.8. The first-order chi connectivity index (χ1) is 23.4. The number of nitrogens with zero attached hydrogens (tertiary/aromatic N) is 3. The summed E-state index contributed by atoms with van der Waals surface area (Å²) in [5.41, 5.74) is 11.8. The van der Waals surface area contributed by atoms with Crippen molar-refractivity contribution >= 4 is 35.3 Å². The molecule has 7 heteroatoms. The SMILES string of the molecule is CC(C)Cc1cc(-c2[c-]cccc2)ncc1[Si](C)(C)C.Cc1cc(C)c(-c2ccnc(-c3[c-]ccc4c3oc3nccc(F)c34)c2)c(C)c1.[Ir]. The van der Waals surface area contributed by atoms with E-state index in [0.29, 0.717) is 27.8 Å². The molecule has 0 unspecified atom stereocenters. The van der Waals surface area contributed by atoms with Gasteiger partial charge in [0.25, 0.3) is 0 Å². The topological polar surface area (TPSA) is 51.8 Å². The standard InChI is InChI=1S/C25H18FN2O.C18H24NSi.Ir/c1-14-11-15(2)22(16(3)12-14)17-7-9-27-21(13-17)18-5-4-6-19-23-20(26)8-10-28-25(23)29-24(18)19;1-14(2)11-16-12-17(15-9-7-6-8-10-15)19-13-18(16)20(3,4)5;/h4,6-13H,1-3H3;6-9,12-14H,11H2,1-5H3;/q2*-1;.